The van der Waals surface area contributed by atoms with Gasteiger partial charge in [-0.1, -0.05) is 97.1 Å². The van der Waals surface area contributed by atoms with Crippen LogP contribution in [0.3, 0.4) is 0 Å². The highest BCUT2D eigenvalue weighted by atomic mass is 16.3. The van der Waals surface area contributed by atoms with Gasteiger partial charge in [0, 0.05) is 27.3 Å². The van der Waals surface area contributed by atoms with Crippen LogP contribution in [0.4, 0.5) is 0 Å². The Morgan fingerprint density at radius 2 is 1.00 bits per heavy atom. The molecule has 39 heavy (non-hydrogen) atoms. The molecule has 0 atom stereocenters. The van der Waals surface area contributed by atoms with Crippen LogP contribution in [-0.2, 0) is 0 Å². The summed E-state index contributed by atoms with van der Waals surface area (Å²) in [6.45, 7) is 0. The molecule has 0 aliphatic rings. The summed E-state index contributed by atoms with van der Waals surface area (Å²) in [5, 5.41) is 4.60. The zero-order chi connectivity index (χ0) is 25.8. The molecule has 0 unspecified atom stereocenters. The second-order valence-corrected chi connectivity index (χ2v) is 9.83. The highest BCUT2D eigenvalue weighted by molar-refractivity contribution is 6.15. The van der Waals surface area contributed by atoms with E-state index in [4.69, 9.17) is 14.4 Å². The molecule has 0 saturated carbocycles. The number of benzene rings is 6. The molecule has 0 saturated heterocycles. The van der Waals surface area contributed by atoms with Crippen molar-refractivity contribution in [2.75, 3.05) is 0 Å². The number of nitrogens with zero attached hydrogens (tertiary/aromatic N) is 2. The first kappa shape index (κ1) is 21.8. The molecule has 3 nitrogen and oxygen atoms in total. The van der Waals surface area contributed by atoms with Crippen molar-refractivity contribution in [3.05, 3.63) is 133 Å². The van der Waals surface area contributed by atoms with Gasteiger partial charge in [0.15, 0.2) is 0 Å². The number of fused-ring (bicyclic) bond motifs is 6. The van der Waals surface area contributed by atoms with Crippen LogP contribution in [0.1, 0.15) is 0 Å². The van der Waals surface area contributed by atoms with Gasteiger partial charge in [0.05, 0.1) is 22.4 Å². The largest absolute Gasteiger partial charge is 0.455 e. The predicted molar refractivity (Wildman–Crippen MR) is 161 cm³/mol. The predicted octanol–water partition coefficient (Wildman–Crippen LogP) is 9.68. The topological polar surface area (TPSA) is 38.9 Å². The average molecular weight is 499 g/mol. The maximum Gasteiger partial charge on any atom is 0.143 e. The van der Waals surface area contributed by atoms with E-state index in [2.05, 4.69) is 78.9 Å². The van der Waals surface area contributed by atoms with Crippen molar-refractivity contribution < 1.29 is 4.42 Å². The van der Waals surface area contributed by atoms with Gasteiger partial charge in [0.1, 0.15) is 11.2 Å². The second kappa shape index (κ2) is 8.64. The molecular formula is C36H22N2O. The maximum absolute atomic E-state index is 6.24. The minimum atomic E-state index is 0.886. The van der Waals surface area contributed by atoms with Crippen molar-refractivity contribution in [2.45, 2.75) is 0 Å². The molecule has 182 valence electrons. The van der Waals surface area contributed by atoms with Crippen LogP contribution >= 0.6 is 0 Å². The van der Waals surface area contributed by atoms with E-state index in [1.807, 2.05) is 54.6 Å². The van der Waals surface area contributed by atoms with E-state index in [9.17, 15) is 0 Å². The van der Waals surface area contributed by atoms with Crippen LogP contribution in [0.25, 0.3) is 77.4 Å². The standard InChI is InChI=1S/C36H22N2O/c1-2-8-24(9-3-1)34-35(38-32-12-6-5-11-31(32)37-34)25-16-14-23(15-17-25)26-18-20-28-27(22-26)19-21-30-29-10-4-7-13-33(29)39-36(28)30/h1-22H. The van der Waals surface area contributed by atoms with E-state index >= 15 is 0 Å². The second-order valence-electron chi connectivity index (χ2n) is 9.83. The molecule has 3 heteroatoms. The third-order valence-corrected chi connectivity index (χ3v) is 7.47. The average Bonchev–Trinajstić information content (AvgIpc) is 3.40. The first-order chi connectivity index (χ1) is 19.3. The van der Waals surface area contributed by atoms with E-state index in [1.165, 1.54) is 0 Å². The monoisotopic (exact) mass is 498 g/mol. The van der Waals surface area contributed by atoms with Gasteiger partial charge >= 0.3 is 0 Å². The highest BCUT2D eigenvalue weighted by Gasteiger charge is 2.14. The number of hydrogen-bond donors (Lipinski definition) is 0. The van der Waals surface area contributed by atoms with Crippen molar-refractivity contribution in [1.29, 1.82) is 0 Å². The molecule has 0 amide bonds. The van der Waals surface area contributed by atoms with Crippen molar-refractivity contribution in [2.24, 2.45) is 0 Å². The first-order valence-corrected chi connectivity index (χ1v) is 13.1. The third kappa shape index (κ3) is 3.59. The van der Waals surface area contributed by atoms with Crippen LogP contribution in [-0.4, -0.2) is 9.97 Å². The summed E-state index contributed by atoms with van der Waals surface area (Å²) in [4.78, 5) is 10.0. The van der Waals surface area contributed by atoms with Crippen LogP contribution in [0.15, 0.2) is 138 Å². The van der Waals surface area contributed by atoms with E-state index in [0.717, 1.165) is 77.4 Å². The Morgan fingerprint density at radius 3 is 1.77 bits per heavy atom. The van der Waals surface area contributed by atoms with E-state index < -0.39 is 0 Å². The summed E-state index contributed by atoms with van der Waals surface area (Å²) in [5.41, 5.74) is 9.85. The Bertz CT molecular complexity index is 2160. The Kier molecular flexibility index (Phi) is 4.82. The summed E-state index contributed by atoms with van der Waals surface area (Å²) in [6.07, 6.45) is 0. The third-order valence-electron chi connectivity index (χ3n) is 7.47. The molecule has 0 N–H and O–H groups in total. The molecule has 2 aromatic heterocycles. The Morgan fingerprint density at radius 1 is 0.410 bits per heavy atom. The lowest BCUT2D eigenvalue weighted by atomic mass is 9.97. The SMILES string of the molecule is c1ccc(-c2nc3ccccc3nc2-c2ccc(-c3ccc4c(ccc5c6ccccc6oc45)c3)cc2)cc1. The normalized spacial score (nSPS) is 11.6. The van der Waals surface area contributed by atoms with Crippen LogP contribution in [0.5, 0.6) is 0 Å². The summed E-state index contributed by atoms with van der Waals surface area (Å²) in [5.74, 6) is 0. The van der Waals surface area contributed by atoms with Crippen LogP contribution in [0.2, 0.25) is 0 Å². The maximum atomic E-state index is 6.24. The first-order valence-electron chi connectivity index (χ1n) is 13.1. The molecule has 8 aromatic rings. The van der Waals surface area contributed by atoms with Gasteiger partial charge in [-0.05, 0) is 52.9 Å². The molecule has 2 heterocycles. The number of aromatic nitrogens is 2. The van der Waals surface area contributed by atoms with E-state index in [0.29, 0.717) is 0 Å². The molecule has 0 aliphatic heterocycles. The number of rotatable bonds is 3. The van der Waals surface area contributed by atoms with Crippen molar-refractivity contribution >= 4 is 43.7 Å². The smallest absolute Gasteiger partial charge is 0.143 e. The molecular weight excluding hydrogens is 476 g/mol. The van der Waals surface area contributed by atoms with Gasteiger partial charge in [-0.15, -0.1) is 0 Å². The van der Waals surface area contributed by atoms with Crippen molar-refractivity contribution in [1.82, 2.24) is 9.97 Å². The molecule has 0 radical (unpaired) electrons. The Balaban J connectivity index is 1.22. The lowest BCUT2D eigenvalue weighted by Crippen LogP contribution is -1.95. The Labute approximate surface area is 225 Å². The highest BCUT2D eigenvalue weighted by Crippen LogP contribution is 2.36. The number of furan rings is 1. The van der Waals surface area contributed by atoms with Crippen molar-refractivity contribution in [3.63, 3.8) is 0 Å². The van der Waals surface area contributed by atoms with Gasteiger partial charge < -0.3 is 4.42 Å². The minimum absolute atomic E-state index is 0.886. The van der Waals surface area contributed by atoms with Crippen LogP contribution < -0.4 is 0 Å². The molecule has 0 bridgehead atoms. The van der Waals surface area contributed by atoms with Gasteiger partial charge in [0.25, 0.3) is 0 Å². The zero-order valence-corrected chi connectivity index (χ0v) is 21.0. The molecule has 0 aliphatic carbocycles. The molecule has 0 fully saturated rings. The lowest BCUT2D eigenvalue weighted by molar-refractivity contribution is 0.672. The number of para-hydroxylation sites is 3. The molecule has 0 spiro atoms. The summed E-state index contributed by atoms with van der Waals surface area (Å²) < 4.78 is 6.24. The zero-order valence-electron chi connectivity index (χ0n) is 21.0. The Hall–Kier alpha value is -5.28. The van der Waals surface area contributed by atoms with Gasteiger partial charge in [-0.25, -0.2) is 9.97 Å². The fourth-order valence-corrected chi connectivity index (χ4v) is 5.51. The van der Waals surface area contributed by atoms with E-state index in [1.54, 1.807) is 0 Å². The van der Waals surface area contributed by atoms with E-state index in [-0.39, 0.29) is 0 Å². The summed E-state index contributed by atoms with van der Waals surface area (Å²) in [7, 11) is 0. The lowest BCUT2D eigenvalue weighted by Gasteiger charge is -2.11. The summed E-state index contributed by atoms with van der Waals surface area (Å²) in [6, 6.07) is 46.1. The molecule has 6 aromatic carbocycles. The van der Waals surface area contributed by atoms with Crippen LogP contribution in [0, 0.1) is 0 Å². The van der Waals surface area contributed by atoms with Crippen molar-refractivity contribution in [3.8, 4) is 33.6 Å². The quantitative estimate of drug-likeness (QED) is 0.243. The fourth-order valence-electron chi connectivity index (χ4n) is 5.51. The fraction of sp³-hybridized carbons (Fsp3) is 0. The van der Waals surface area contributed by atoms with Gasteiger partial charge in [-0.2, -0.15) is 0 Å². The summed E-state index contributed by atoms with van der Waals surface area (Å²) >= 11 is 0. The van der Waals surface area contributed by atoms with Gasteiger partial charge in [0.2, 0.25) is 0 Å². The minimum Gasteiger partial charge on any atom is -0.455 e. The number of hydrogen-bond acceptors (Lipinski definition) is 3. The molecule has 8 rings (SSSR count). The van der Waals surface area contributed by atoms with Gasteiger partial charge in [-0.3, -0.25) is 0 Å².